The highest BCUT2D eigenvalue weighted by atomic mass is 16.5. The molecule has 0 aliphatic rings. The molecular weight excluding hydrogens is 176 g/mol. The second kappa shape index (κ2) is 5.17. The molecule has 80 valence electrons. The van der Waals surface area contributed by atoms with Gasteiger partial charge >= 0.3 is 0 Å². The lowest BCUT2D eigenvalue weighted by Gasteiger charge is -2.24. The Hall–Kier alpha value is -0.800. The summed E-state index contributed by atoms with van der Waals surface area (Å²) in [6, 6.07) is 4.07. The van der Waals surface area contributed by atoms with Gasteiger partial charge < -0.3 is 15.0 Å². The summed E-state index contributed by atoms with van der Waals surface area (Å²) in [5.74, 6) is 0. The Bertz CT molecular complexity index is 242. The third-order valence-electron chi connectivity index (χ3n) is 2.06. The number of rotatable bonds is 6. The zero-order valence-electron chi connectivity index (χ0n) is 9.26. The van der Waals surface area contributed by atoms with Gasteiger partial charge in [-0.1, -0.05) is 0 Å². The molecular formula is C11H20N2O. The lowest BCUT2D eigenvalue weighted by Crippen LogP contribution is -2.37. The minimum absolute atomic E-state index is 0.0820. The molecule has 1 rings (SSSR count). The second-order valence-electron chi connectivity index (χ2n) is 3.99. The molecule has 0 aliphatic heterocycles. The predicted octanol–water partition coefficient (Wildman–Crippen LogP) is 1.92. The topological polar surface area (TPSA) is 37.0 Å². The van der Waals surface area contributed by atoms with E-state index in [9.17, 15) is 0 Å². The molecule has 0 unspecified atom stereocenters. The zero-order valence-corrected chi connectivity index (χ0v) is 9.26. The van der Waals surface area contributed by atoms with Gasteiger partial charge in [0.25, 0.3) is 0 Å². The van der Waals surface area contributed by atoms with Crippen molar-refractivity contribution < 1.29 is 4.74 Å². The van der Waals surface area contributed by atoms with Gasteiger partial charge in [0.05, 0.1) is 5.60 Å². The Morgan fingerprint density at radius 3 is 2.86 bits per heavy atom. The first kappa shape index (κ1) is 11.3. The smallest absolute Gasteiger partial charge is 0.0750 e. The number of nitrogens with one attached hydrogen (secondary N) is 2. The fourth-order valence-corrected chi connectivity index (χ4v) is 1.42. The van der Waals surface area contributed by atoms with E-state index >= 15 is 0 Å². The summed E-state index contributed by atoms with van der Waals surface area (Å²) in [6.45, 7) is 8.70. The summed E-state index contributed by atoms with van der Waals surface area (Å²) in [4.78, 5) is 3.15. The molecule has 0 spiro atoms. The van der Waals surface area contributed by atoms with Crippen LogP contribution in [-0.2, 0) is 11.3 Å². The Morgan fingerprint density at radius 2 is 2.29 bits per heavy atom. The van der Waals surface area contributed by atoms with Crippen molar-refractivity contribution in [2.75, 3.05) is 13.2 Å². The minimum Gasteiger partial charge on any atom is -0.375 e. The monoisotopic (exact) mass is 196 g/mol. The van der Waals surface area contributed by atoms with Gasteiger partial charge in [0, 0.05) is 31.6 Å². The maximum atomic E-state index is 5.58. The molecule has 0 atom stereocenters. The number of hydrogen-bond acceptors (Lipinski definition) is 2. The van der Waals surface area contributed by atoms with Crippen molar-refractivity contribution in [3.05, 3.63) is 24.0 Å². The molecule has 14 heavy (non-hydrogen) atoms. The van der Waals surface area contributed by atoms with E-state index in [0.717, 1.165) is 19.7 Å². The number of aromatic nitrogens is 1. The first-order chi connectivity index (χ1) is 6.64. The zero-order chi connectivity index (χ0) is 10.4. The standard InChI is InChI=1S/C11H20N2O/c1-4-14-11(2,3)9-12-8-10-6-5-7-13-10/h5-7,12-13H,4,8-9H2,1-3H3. The van der Waals surface area contributed by atoms with Crippen molar-refractivity contribution in [2.24, 2.45) is 0 Å². The second-order valence-corrected chi connectivity index (χ2v) is 3.99. The first-order valence-electron chi connectivity index (χ1n) is 5.11. The molecule has 1 aromatic heterocycles. The third-order valence-corrected chi connectivity index (χ3v) is 2.06. The van der Waals surface area contributed by atoms with Gasteiger partial charge in [-0.2, -0.15) is 0 Å². The van der Waals surface area contributed by atoms with E-state index in [-0.39, 0.29) is 5.60 Å². The molecule has 0 saturated heterocycles. The van der Waals surface area contributed by atoms with Crippen molar-refractivity contribution in [1.82, 2.24) is 10.3 Å². The summed E-state index contributed by atoms with van der Waals surface area (Å²) in [5, 5.41) is 3.36. The summed E-state index contributed by atoms with van der Waals surface area (Å²) >= 11 is 0. The fraction of sp³-hybridized carbons (Fsp3) is 0.636. The van der Waals surface area contributed by atoms with E-state index in [4.69, 9.17) is 4.74 Å². The van der Waals surface area contributed by atoms with Crippen LogP contribution in [0.2, 0.25) is 0 Å². The van der Waals surface area contributed by atoms with Crippen molar-refractivity contribution in [3.8, 4) is 0 Å². The number of H-pyrrole nitrogens is 1. The van der Waals surface area contributed by atoms with Crippen molar-refractivity contribution in [3.63, 3.8) is 0 Å². The van der Waals surface area contributed by atoms with Gasteiger partial charge in [0.1, 0.15) is 0 Å². The summed E-state index contributed by atoms with van der Waals surface area (Å²) in [5.41, 5.74) is 1.12. The Morgan fingerprint density at radius 1 is 1.50 bits per heavy atom. The van der Waals surface area contributed by atoms with Gasteiger partial charge in [-0.05, 0) is 32.9 Å². The van der Waals surface area contributed by atoms with E-state index in [1.54, 1.807) is 0 Å². The number of hydrogen-bond donors (Lipinski definition) is 2. The molecule has 0 radical (unpaired) electrons. The summed E-state index contributed by atoms with van der Waals surface area (Å²) in [6.07, 6.45) is 1.94. The molecule has 0 saturated carbocycles. The first-order valence-corrected chi connectivity index (χ1v) is 5.11. The molecule has 3 nitrogen and oxygen atoms in total. The van der Waals surface area contributed by atoms with Crippen LogP contribution in [0.15, 0.2) is 18.3 Å². The molecule has 1 heterocycles. The lowest BCUT2D eigenvalue weighted by molar-refractivity contribution is -0.00901. The van der Waals surface area contributed by atoms with Crippen molar-refractivity contribution >= 4 is 0 Å². The van der Waals surface area contributed by atoms with Gasteiger partial charge in [0.2, 0.25) is 0 Å². The minimum atomic E-state index is -0.0820. The highest BCUT2D eigenvalue weighted by molar-refractivity contribution is 5.02. The molecule has 1 aromatic rings. The van der Waals surface area contributed by atoms with Crippen LogP contribution in [0.4, 0.5) is 0 Å². The van der Waals surface area contributed by atoms with Crippen molar-refractivity contribution in [1.29, 1.82) is 0 Å². The number of aromatic amines is 1. The van der Waals surface area contributed by atoms with Crippen LogP contribution in [-0.4, -0.2) is 23.7 Å². The Kier molecular flexibility index (Phi) is 4.17. The van der Waals surface area contributed by atoms with Gasteiger partial charge in [-0.25, -0.2) is 0 Å². The average Bonchev–Trinajstić information content (AvgIpc) is 2.56. The third kappa shape index (κ3) is 3.94. The molecule has 0 aliphatic carbocycles. The maximum Gasteiger partial charge on any atom is 0.0750 e. The Labute approximate surface area is 85.9 Å². The number of ether oxygens (including phenoxy) is 1. The lowest BCUT2D eigenvalue weighted by atomic mass is 10.1. The van der Waals surface area contributed by atoms with Crippen LogP contribution in [0.3, 0.4) is 0 Å². The highest BCUT2D eigenvalue weighted by Crippen LogP contribution is 2.07. The summed E-state index contributed by atoms with van der Waals surface area (Å²) in [7, 11) is 0. The summed E-state index contributed by atoms with van der Waals surface area (Å²) < 4.78 is 5.58. The van der Waals surface area contributed by atoms with E-state index < -0.39 is 0 Å². The largest absolute Gasteiger partial charge is 0.375 e. The van der Waals surface area contributed by atoms with Crippen LogP contribution in [0.1, 0.15) is 26.5 Å². The van der Waals surface area contributed by atoms with Crippen LogP contribution >= 0.6 is 0 Å². The van der Waals surface area contributed by atoms with Crippen LogP contribution in [0.5, 0.6) is 0 Å². The Balaban J connectivity index is 2.20. The van der Waals surface area contributed by atoms with E-state index in [1.165, 1.54) is 5.69 Å². The van der Waals surface area contributed by atoms with Gasteiger partial charge in [-0.3, -0.25) is 0 Å². The maximum absolute atomic E-state index is 5.58. The van der Waals surface area contributed by atoms with E-state index in [0.29, 0.717) is 0 Å². The molecule has 0 aromatic carbocycles. The molecule has 2 N–H and O–H groups in total. The van der Waals surface area contributed by atoms with E-state index in [2.05, 4.69) is 30.2 Å². The molecule has 3 heteroatoms. The van der Waals surface area contributed by atoms with Crippen LogP contribution in [0.25, 0.3) is 0 Å². The fourth-order valence-electron chi connectivity index (χ4n) is 1.42. The average molecular weight is 196 g/mol. The predicted molar refractivity (Wildman–Crippen MR) is 58.2 cm³/mol. The van der Waals surface area contributed by atoms with Gasteiger partial charge in [0.15, 0.2) is 0 Å². The normalized spacial score (nSPS) is 11.9. The van der Waals surface area contributed by atoms with Crippen molar-refractivity contribution in [2.45, 2.75) is 32.9 Å². The van der Waals surface area contributed by atoms with Crippen LogP contribution in [0, 0.1) is 0 Å². The van der Waals surface area contributed by atoms with Crippen LogP contribution < -0.4 is 5.32 Å². The quantitative estimate of drug-likeness (QED) is 0.729. The van der Waals surface area contributed by atoms with Gasteiger partial charge in [-0.15, -0.1) is 0 Å². The highest BCUT2D eigenvalue weighted by Gasteiger charge is 2.16. The van der Waals surface area contributed by atoms with E-state index in [1.807, 2.05) is 19.2 Å². The molecule has 0 amide bonds. The molecule has 0 fully saturated rings. The SMILES string of the molecule is CCOC(C)(C)CNCc1ccc[nH]1. The molecule has 0 bridgehead atoms.